The molecule has 0 aromatic carbocycles. The first-order chi connectivity index (χ1) is 9.11. The van der Waals surface area contributed by atoms with Crippen molar-refractivity contribution in [1.82, 2.24) is 10.3 Å². The van der Waals surface area contributed by atoms with E-state index in [1.807, 2.05) is 25.3 Å². The van der Waals surface area contributed by atoms with Gasteiger partial charge in [-0.3, -0.25) is 4.79 Å². The molecule has 5 heteroatoms. The Balaban J connectivity index is 2.06. The molecule has 1 saturated heterocycles. The third-order valence-corrected chi connectivity index (χ3v) is 3.66. The molecule has 0 spiro atoms. The van der Waals surface area contributed by atoms with Gasteiger partial charge < -0.3 is 16.0 Å². The van der Waals surface area contributed by atoms with E-state index in [0.29, 0.717) is 0 Å². The smallest absolute Gasteiger partial charge is 0.224 e. The number of piperidine rings is 1. The van der Waals surface area contributed by atoms with Crippen LogP contribution in [0.15, 0.2) is 18.3 Å². The molecule has 1 aromatic rings. The summed E-state index contributed by atoms with van der Waals surface area (Å²) < 4.78 is 0. The van der Waals surface area contributed by atoms with Crippen molar-refractivity contribution in [3.63, 3.8) is 0 Å². The average molecular weight is 262 g/mol. The van der Waals surface area contributed by atoms with Crippen molar-refractivity contribution in [3.05, 3.63) is 23.9 Å². The molecule has 19 heavy (non-hydrogen) atoms. The van der Waals surface area contributed by atoms with Crippen molar-refractivity contribution >= 4 is 11.7 Å². The molecule has 1 unspecified atom stereocenters. The van der Waals surface area contributed by atoms with Gasteiger partial charge in [-0.1, -0.05) is 6.07 Å². The maximum atomic E-state index is 11.7. The van der Waals surface area contributed by atoms with Crippen molar-refractivity contribution in [2.24, 2.45) is 11.7 Å². The molecule has 1 aliphatic rings. The topological polar surface area (TPSA) is 71.2 Å². The number of nitrogens with zero attached hydrogens (tertiary/aromatic N) is 2. The monoisotopic (exact) mass is 262 g/mol. The van der Waals surface area contributed by atoms with E-state index in [9.17, 15) is 4.79 Å². The van der Waals surface area contributed by atoms with Gasteiger partial charge in [-0.2, -0.15) is 0 Å². The number of amides is 1. The van der Waals surface area contributed by atoms with E-state index in [1.54, 1.807) is 7.05 Å². The van der Waals surface area contributed by atoms with Crippen LogP contribution in [0.25, 0.3) is 0 Å². The lowest BCUT2D eigenvalue weighted by Gasteiger charge is -2.32. The molecule has 2 rings (SSSR count). The van der Waals surface area contributed by atoms with E-state index in [-0.39, 0.29) is 17.9 Å². The SMILES string of the molecule is CNC(=O)C1CCCN(c2ccc([C@@H](C)N)cn2)C1. The summed E-state index contributed by atoms with van der Waals surface area (Å²) in [7, 11) is 1.69. The maximum absolute atomic E-state index is 11.7. The summed E-state index contributed by atoms with van der Waals surface area (Å²) in [4.78, 5) is 18.3. The van der Waals surface area contributed by atoms with Gasteiger partial charge in [0, 0.05) is 32.4 Å². The summed E-state index contributed by atoms with van der Waals surface area (Å²) in [5.41, 5.74) is 6.85. The number of hydrogen-bond donors (Lipinski definition) is 2. The Hall–Kier alpha value is -1.62. The van der Waals surface area contributed by atoms with Crippen LogP contribution >= 0.6 is 0 Å². The van der Waals surface area contributed by atoms with E-state index >= 15 is 0 Å². The van der Waals surface area contributed by atoms with Gasteiger partial charge in [0.25, 0.3) is 0 Å². The molecule has 0 radical (unpaired) electrons. The standard InChI is InChI=1S/C14H22N4O/c1-10(15)11-5-6-13(17-8-11)18-7-3-4-12(9-18)14(19)16-2/h5-6,8,10,12H,3-4,7,9,15H2,1-2H3,(H,16,19)/t10-,12?/m1/s1. The molecule has 1 fully saturated rings. The van der Waals surface area contributed by atoms with Crippen LogP contribution in [0.3, 0.4) is 0 Å². The second-order valence-electron chi connectivity index (χ2n) is 5.14. The Morgan fingerprint density at radius 1 is 1.58 bits per heavy atom. The molecule has 2 heterocycles. The van der Waals surface area contributed by atoms with Crippen molar-refractivity contribution in [2.75, 3.05) is 25.0 Å². The predicted molar refractivity (Wildman–Crippen MR) is 75.8 cm³/mol. The Morgan fingerprint density at radius 3 is 2.95 bits per heavy atom. The third kappa shape index (κ3) is 3.23. The number of nitrogens with one attached hydrogen (secondary N) is 1. The fourth-order valence-corrected chi connectivity index (χ4v) is 2.46. The van der Waals surface area contributed by atoms with Crippen LogP contribution in [0.1, 0.15) is 31.4 Å². The van der Waals surface area contributed by atoms with Gasteiger partial charge in [-0.25, -0.2) is 4.98 Å². The van der Waals surface area contributed by atoms with Gasteiger partial charge in [0.05, 0.1) is 5.92 Å². The second kappa shape index (κ2) is 6.02. The number of aromatic nitrogens is 1. The minimum Gasteiger partial charge on any atom is -0.359 e. The Bertz CT molecular complexity index is 430. The lowest BCUT2D eigenvalue weighted by molar-refractivity contribution is -0.124. The third-order valence-electron chi connectivity index (χ3n) is 3.66. The molecule has 1 aliphatic heterocycles. The second-order valence-corrected chi connectivity index (χ2v) is 5.14. The van der Waals surface area contributed by atoms with Gasteiger partial charge in [-0.15, -0.1) is 0 Å². The highest BCUT2D eigenvalue weighted by Gasteiger charge is 2.25. The number of rotatable bonds is 3. The fourth-order valence-electron chi connectivity index (χ4n) is 2.46. The molecular formula is C14H22N4O. The molecule has 3 N–H and O–H groups in total. The van der Waals surface area contributed by atoms with Gasteiger partial charge in [0.15, 0.2) is 0 Å². The van der Waals surface area contributed by atoms with Crippen LogP contribution in [0.5, 0.6) is 0 Å². The quantitative estimate of drug-likeness (QED) is 0.854. The molecular weight excluding hydrogens is 240 g/mol. The first-order valence-corrected chi connectivity index (χ1v) is 6.80. The normalized spacial score (nSPS) is 21.0. The van der Waals surface area contributed by atoms with Crippen LogP contribution in [0, 0.1) is 5.92 Å². The van der Waals surface area contributed by atoms with Crippen LogP contribution in [0.2, 0.25) is 0 Å². The van der Waals surface area contributed by atoms with Crippen molar-refractivity contribution in [1.29, 1.82) is 0 Å². The summed E-state index contributed by atoms with van der Waals surface area (Å²) in [6, 6.07) is 4.00. The van der Waals surface area contributed by atoms with Crippen LogP contribution < -0.4 is 16.0 Å². The number of nitrogens with two attached hydrogens (primary N) is 1. The average Bonchev–Trinajstić information content (AvgIpc) is 2.46. The van der Waals surface area contributed by atoms with Gasteiger partial charge in [0.1, 0.15) is 5.82 Å². The number of carbonyl (C=O) groups excluding carboxylic acids is 1. The molecule has 2 atom stereocenters. The fraction of sp³-hybridized carbons (Fsp3) is 0.571. The summed E-state index contributed by atoms with van der Waals surface area (Å²) in [5, 5.41) is 2.73. The predicted octanol–water partition coefficient (Wildman–Crippen LogP) is 1.06. The molecule has 104 valence electrons. The zero-order chi connectivity index (χ0) is 13.8. The number of anilines is 1. The van der Waals surface area contributed by atoms with E-state index in [2.05, 4.69) is 15.2 Å². The Morgan fingerprint density at radius 2 is 2.37 bits per heavy atom. The first kappa shape index (κ1) is 13.8. The van der Waals surface area contributed by atoms with Crippen LogP contribution in [0.4, 0.5) is 5.82 Å². The maximum Gasteiger partial charge on any atom is 0.224 e. The van der Waals surface area contributed by atoms with Crippen molar-refractivity contribution in [3.8, 4) is 0 Å². The zero-order valence-electron chi connectivity index (χ0n) is 11.6. The molecule has 0 aliphatic carbocycles. The van der Waals surface area contributed by atoms with E-state index in [1.165, 1.54) is 0 Å². The number of pyridine rings is 1. The minimum atomic E-state index is 0.00141. The highest BCUT2D eigenvalue weighted by molar-refractivity contribution is 5.79. The van der Waals surface area contributed by atoms with Crippen molar-refractivity contribution in [2.45, 2.75) is 25.8 Å². The van der Waals surface area contributed by atoms with E-state index in [0.717, 1.165) is 37.3 Å². The lowest BCUT2D eigenvalue weighted by atomic mass is 9.97. The molecule has 1 aromatic heterocycles. The van der Waals surface area contributed by atoms with Crippen LogP contribution in [-0.2, 0) is 4.79 Å². The van der Waals surface area contributed by atoms with Crippen molar-refractivity contribution < 1.29 is 4.79 Å². The summed E-state index contributed by atoms with van der Waals surface area (Å²) >= 11 is 0. The molecule has 1 amide bonds. The van der Waals surface area contributed by atoms with Crippen LogP contribution in [-0.4, -0.2) is 31.0 Å². The highest BCUT2D eigenvalue weighted by atomic mass is 16.1. The van der Waals surface area contributed by atoms with Gasteiger partial charge >= 0.3 is 0 Å². The first-order valence-electron chi connectivity index (χ1n) is 6.80. The summed E-state index contributed by atoms with van der Waals surface area (Å²) in [6.07, 6.45) is 3.80. The van der Waals surface area contributed by atoms with E-state index in [4.69, 9.17) is 5.73 Å². The largest absolute Gasteiger partial charge is 0.359 e. The molecule has 0 saturated carbocycles. The highest BCUT2D eigenvalue weighted by Crippen LogP contribution is 2.22. The number of carbonyl (C=O) groups is 1. The molecule has 0 bridgehead atoms. The Kier molecular flexibility index (Phi) is 4.37. The van der Waals surface area contributed by atoms with Gasteiger partial charge in [0.2, 0.25) is 5.91 Å². The van der Waals surface area contributed by atoms with Gasteiger partial charge in [-0.05, 0) is 31.4 Å². The lowest BCUT2D eigenvalue weighted by Crippen LogP contribution is -2.42. The number of hydrogen-bond acceptors (Lipinski definition) is 4. The van der Waals surface area contributed by atoms with E-state index < -0.39 is 0 Å². The summed E-state index contributed by atoms with van der Waals surface area (Å²) in [6.45, 7) is 3.64. The summed E-state index contributed by atoms with van der Waals surface area (Å²) in [5.74, 6) is 1.11. The zero-order valence-corrected chi connectivity index (χ0v) is 11.6. The molecule has 5 nitrogen and oxygen atoms in total. The Labute approximate surface area is 114 Å². The minimum absolute atomic E-state index is 0.00141.